The molecule has 0 amide bonds. The molecule has 0 aliphatic heterocycles. The highest BCUT2D eigenvalue weighted by molar-refractivity contribution is 7.86. The van der Waals surface area contributed by atoms with Gasteiger partial charge in [0.25, 0.3) is 20.2 Å². The number of benzene rings is 2. The summed E-state index contributed by atoms with van der Waals surface area (Å²) in [5, 5.41) is 5.24. The van der Waals surface area contributed by atoms with Crippen molar-refractivity contribution in [3.63, 3.8) is 0 Å². The predicted octanol–water partition coefficient (Wildman–Crippen LogP) is 1.57. The van der Waals surface area contributed by atoms with Crippen LogP contribution >= 0.6 is 0 Å². The van der Waals surface area contributed by atoms with E-state index < -0.39 is 31.2 Å². The van der Waals surface area contributed by atoms with Crippen molar-refractivity contribution in [2.75, 3.05) is 16.4 Å². The summed E-state index contributed by atoms with van der Waals surface area (Å²) in [6.07, 6.45) is -1.15. The Morgan fingerprint density at radius 3 is 1.83 bits per heavy atom. The summed E-state index contributed by atoms with van der Waals surface area (Å²) in [6, 6.07) is 8.30. The fourth-order valence-electron chi connectivity index (χ4n) is 2.29. The number of anilines is 5. The van der Waals surface area contributed by atoms with Gasteiger partial charge >= 0.3 is 6.08 Å². The fourth-order valence-corrected chi connectivity index (χ4v) is 3.37. The minimum atomic E-state index is -4.50. The van der Waals surface area contributed by atoms with Crippen LogP contribution in [-0.2, 0) is 20.2 Å². The van der Waals surface area contributed by atoms with Crippen molar-refractivity contribution in [2.45, 2.75) is 9.79 Å². The Balaban J connectivity index is 1.83. The standard InChI is InChI=1S/C15H13FN6O6S2/c16-13-20-14(18-8-1-4-10(5-2-8)29(23,24)25)22-15(21-13)19-9-3-6-12(11(17)7-9)30(26,27)28/h1-7H,17H2,(H,23,24,25)(H,26,27,28)(H2,18,19,20,21,22). The van der Waals surface area contributed by atoms with Gasteiger partial charge in [-0.3, -0.25) is 9.11 Å². The molecule has 6 N–H and O–H groups in total. The van der Waals surface area contributed by atoms with Crippen LogP contribution in [-0.4, -0.2) is 40.9 Å². The molecule has 0 radical (unpaired) electrons. The van der Waals surface area contributed by atoms with E-state index in [4.69, 9.17) is 14.8 Å². The van der Waals surface area contributed by atoms with Gasteiger partial charge in [-0.05, 0) is 42.5 Å². The molecular formula is C15H13FN6O6S2. The molecular weight excluding hydrogens is 443 g/mol. The van der Waals surface area contributed by atoms with E-state index in [0.29, 0.717) is 5.69 Å². The third-order valence-corrected chi connectivity index (χ3v) is 5.36. The van der Waals surface area contributed by atoms with Crippen molar-refractivity contribution in [1.82, 2.24) is 15.0 Å². The van der Waals surface area contributed by atoms with Crippen molar-refractivity contribution in [3.05, 3.63) is 48.5 Å². The molecule has 0 fully saturated rings. The van der Waals surface area contributed by atoms with E-state index in [0.717, 1.165) is 18.2 Å². The van der Waals surface area contributed by atoms with Crippen molar-refractivity contribution >= 4 is 49.2 Å². The fraction of sp³-hybridized carbons (Fsp3) is 0. The Bertz CT molecular complexity index is 1320. The summed E-state index contributed by atoms with van der Waals surface area (Å²) < 4.78 is 76.3. The third-order valence-electron chi connectivity index (χ3n) is 3.56. The van der Waals surface area contributed by atoms with E-state index in [1.807, 2.05) is 0 Å². The van der Waals surface area contributed by atoms with E-state index in [2.05, 4.69) is 25.6 Å². The van der Waals surface area contributed by atoms with Crippen molar-refractivity contribution in [2.24, 2.45) is 0 Å². The summed E-state index contributed by atoms with van der Waals surface area (Å²) in [5.41, 5.74) is 5.83. The van der Waals surface area contributed by atoms with E-state index in [1.54, 1.807) is 0 Å². The number of nitrogen functional groups attached to an aromatic ring is 1. The first kappa shape index (κ1) is 21.3. The maximum Gasteiger partial charge on any atom is 0.315 e. The highest BCUT2D eigenvalue weighted by Crippen LogP contribution is 2.24. The molecule has 0 atom stereocenters. The number of nitrogens with one attached hydrogen (secondary N) is 2. The second kappa shape index (κ2) is 7.79. The number of aromatic nitrogens is 3. The molecule has 0 aliphatic rings. The monoisotopic (exact) mass is 456 g/mol. The van der Waals surface area contributed by atoms with Crippen LogP contribution in [0.4, 0.5) is 33.3 Å². The van der Waals surface area contributed by atoms with Crippen LogP contribution in [0.5, 0.6) is 0 Å². The van der Waals surface area contributed by atoms with E-state index in [-0.39, 0.29) is 28.2 Å². The average molecular weight is 456 g/mol. The summed E-state index contributed by atoms with van der Waals surface area (Å²) in [7, 11) is -8.86. The summed E-state index contributed by atoms with van der Waals surface area (Å²) in [6.45, 7) is 0. The Labute approximate surface area is 169 Å². The molecule has 0 bridgehead atoms. The summed E-state index contributed by atoms with van der Waals surface area (Å²) in [4.78, 5) is 10.0. The highest BCUT2D eigenvalue weighted by atomic mass is 32.2. The van der Waals surface area contributed by atoms with Crippen LogP contribution in [0.3, 0.4) is 0 Å². The Morgan fingerprint density at radius 1 is 0.800 bits per heavy atom. The molecule has 1 heterocycles. The van der Waals surface area contributed by atoms with Gasteiger partial charge in [-0.2, -0.15) is 36.2 Å². The number of halogens is 1. The number of hydrogen-bond acceptors (Lipinski definition) is 10. The van der Waals surface area contributed by atoms with Gasteiger partial charge in [-0.15, -0.1) is 0 Å². The second-order valence-corrected chi connectivity index (χ2v) is 8.54. The van der Waals surface area contributed by atoms with Gasteiger partial charge in [0.15, 0.2) is 0 Å². The maximum absolute atomic E-state index is 13.8. The molecule has 0 aliphatic carbocycles. The molecule has 2 aromatic carbocycles. The Kier molecular flexibility index (Phi) is 5.53. The van der Waals surface area contributed by atoms with Crippen LogP contribution < -0.4 is 16.4 Å². The van der Waals surface area contributed by atoms with Gasteiger partial charge in [0, 0.05) is 11.4 Å². The van der Waals surface area contributed by atoms with Crippen LogP contribution in [0, 0.1) is 6.08 Å². The topological polar surface area (TPSA) is 197 Å². The van der Waals surface area contributed by atoms with E-state index in [1.165, 1.54) is 24.3 Å². The largest absolute Gasteiger partial charge is 0.398 e. The zero-order valence-electron chi connectivity index (χ0n) is 14.7. The predicted molar refractivity (Wildman–Crippen MR) is 103 cm³/mol. The van der Waals surface area contributed by atoms with Crippen LogP contribution in [0.25, 0.3) is 0 Å². The lowest BCUT2D eigenvalue weighted by Gasteiger charge is -2.10. The minimum absolute atomic E-state index is 0.203. The van der Waals surface area contributed by atoms with Crippen LogP contribution in [0.2, 0.25) is 0 Å². The number of nitrogens with two attached hydrogens (primary N) is 1. The van der Waals surface area contributed by atoms with E-state index >= 15 is 0 Å². The zero-order chi connectivity index (χ0) is 22.1. The lowest BCUT2D eigenvalue weighted by atomic mass is 10.3. The van der Waals surface area contributed by atoms with E-state index in [9.17, 15) is 21.2 Å². The van der Waals surface area contributed by atoms with Gasteiger partial charge in [-0.1, -0.05) is 0 Å². The first-order valence-electron chi connectivity index (χ1n) is 7.82. The number of nitrogens with zero attached hydrogens (tertiary/aromatic N) is 3. The lowest BCUT2D eigenvalue weighted by molar-refractivity contribution is 0.481. The third kappa shape index (κ3) is 5.15. The van der Waals surface area contributed by atoms with Gasteiger partial charge in [0.05, 0.1) is 10.6 Å². The average Bonchev–Trinajstić information content (AvgIpc) is 2.60. The quantitative estimate of drug-likeness (QED) is 0.265. The van der Waals surface area contributed by atoms with Gasteiger partial charge in [0.1, 0.15) is 4.90 Å². The second-order valence-electron chi connectivity index (χ2n) is 5.73. The molecule has 3 rings (SSSR count). The Morgan fingerprint density at radius 2 is 1.33 bits per heavy atom. The number of rotatable bonds is 6. The molecule has 158 valence electrons. The minimum Gasteiger partial charge on any atom is -0.398 e. The van der Waals surface area contributed by atoms with Crippen LogP contribution in [0.15, 0.2) is 52.3 Å². The molecule has 1 aromatic heterocycles. The highest BCUT2D eigenvalue weighted by Gasteiger charge is 2.15. The van der Waals surface area contributed by atoms with Crippen molar-refractivity contribution in [3.8, 4) is 0 Å². The molecule has 30 heavy (non-hydrogen) atoms. The summed E-state index contributed by atoms with van der Waals surface area (Å²) in [5.74, 6) is -0.481. The summed E-state index contributed by atoms with van der Waals surface area (Å²) >= 11 is 0. The van der Waals surface area contributed by atoms with Gasteiger partial charge in [-0.25, -0.2) is 0 Å². The molecule has 0 saturated carbocycles. The normalized spacial score (nSPS) is 11.8. The molecule has 3 aromatic rings. The van der Waals surface area contributed by atoms with Gasteiger partial charge in [0.2, 0.25) is 11.9 Å². The van der Waals surface area contributed by atoms with Gasteiger partial charge < -0.3 is 16.4 Å². The number of hydrogen-bond donors (Lipinski definition) is 5. The molecule has 0 saturated heterocycles. The lowest BCUT2D eigenvalue weighted by Crippen LogP contribution is -2.07. The molecule has 15 heteroatoms. The molecule has 0 unspecified atom stereocenters. The van der Waals surface area contributed by atoms with Crippen LogP contribution in [0.1, 0.15) is 0 Å². The van der Waals surface area contributed by atoms with Crippen molar-refractivity contribution < 1.29 is 30.3 Å². The Hall–Kier alpha value is -3.40. The first-order chi connectivity index (χ1) is 13.9. The zero-order valence-corrected chi connectivity index (χ0v) is 16.3. The first-order valence-corrected chi connectivity index (χ1v) is 10.7. The maximum atomic E-state index is 13.8. The molecule has 0 spiro atoms. The molecule has 12 nitrogen and oxygen atoms in total. The SMILES string of the molecule is Nc1cc(Nc2nc(F)nc(Nc3ccc(S(=O)(=O)O)cc3)n2)ccc1S(=O)(=O)O. The smallest absolute Gasteiger partial charge is 0.315 e. The van der Waals surface area contributed by atoms with Crippen molar-refractivity contribution in [1.29, 1.82) is 0 Å².